The molecule has 52 heavy (non-hydrogen) atoms. The number of nitrogens with zero attached hydrogens (tertiary/aromatic N) is 1. The van der Waals surface area contributed by atoms with E-state index < -0.39 is 18.1 Å². The quantitative estimate of drug-likeness (QED) is 0.0277. The molecule has 0 aliphatic rings. The van der Waals surface area contributed by atoms with E-state index in [0.717, 1.165) is 70.6 Å². The molecule has 0 aromatic heterocycles. The summed E-state index contributed by atoms with van der Waals surface area (Å²) in [7, 11) is 5.38. The number of hydrogen-bond donors (Lipinski definition) is 0. The average Bonchev–Trinajstić information content (AvgIpc) is 3.09. The van der Waals surface area contributed by atoms with Crippen LogP contribution < -0.4 is 5.11 Å². The van der Waals surface area contributed by atoms with Crippen molar-refractivity contribution in [2.24, 2.45) is 0 Å². The zero-order valence-corrected chi connectivity index (χ0v) is 33.7. The highest BCUT2D eigenvalue weighted by atomic mass is 16.6. The lowest BCUT2D eigenvalue weighted by molar-refractivity contribution is -0.889. The van der Waals surface area contributed by atoms with Gasteiger partial charge in [0.15, 0.2) is 6.10 Å². The molecule has 8 nitrogen and oxygen atoms in total. The van der Waals surface area contributed by atoms with Gasteiger partial charge < -0.3 is 28.6 Å². The molecule has 0 radical (unpaired) electrons. The molecule has 0 aromatic rings. The first kappa shape index (κ1) is 49.0. The number of likely N-dealkylation sites (N-methyl/N-ethyl adjacent to an activating group) is 1. The Morgan fingerprint density at radius 2 is 1.08 bits per heavy atom. The van der Waals surface area contributed by atoms with Crippen LogP contribution in [0, 0.1) is 0 Å². The monoisotopic (exact) mass is 730 g/mol. The molecular formula is C44H75NO7. The zero-order chi connectivity index (χ0) is 38.5. The second kappa shape index (κ2) is 35.1. The van der Waals surface area contributed by atoms with Gasteiger partial charge in [0, 0.05) is 19.3 Å². The first-order chi connectivity index (χ1) is 25.1. The number of rotatable bonds is 35. The lowest BCUT2D eigenvalue weighted by Crippen LogP contribution is -2.55. The Labute approximate surface area is 318 Å². The lowest BCUT2D eigenvalue weighted by atomic mass is 10.1. The Kier molecular flexibility index (Phi) is 33.1. The van der Waals surface area contributed by atoms with Crippen LogP contribution in [0.4, 0.5) is 0 Å². The molecule has 0 rings (SSSR count). The fourth-order valence-electron chi connectivity index (χ4n) is 5.51. The average molecular weight is 730 g/mol. The molecule has 0 heterocycles. The van der Waals surface area contributed by atoms with Crippen LogP contribution in [0.1, 0.15) is 149 Å². The molecule has 2 atom stereocenters. The van der Waals surface area contributed by atoms with E-state index in [1.807, 2.05) is 0 Å². The zero-order valence-electron chi connectivity index (χ0n) is 33.7. The van der Waals surface area contributed by atoms with Crippen LogP contribution in [0.15, 0.2) is 60.8 Å². The van der Waals surface area contributed by atoms with E-state index >= 15 is 0 Å². The van der Waals surface area contributed by atoms with Crippen LogP contribution >= 0.6 is 0 Å². The van der Waals surface area contributed by atoms with Crippen molar-refractivity contribution >= 4 is 17.9 Å². The Balaban J connectivity index is 4.44. The number of carboxylic acids is 1. The van der Waals surface area contributed by atoms with E-state index in [4.69, 9.17) is 14.2 Å². The summed E-state index contributed by atoms with van der Waals surface area (Å²) in [5, 5.41) is 11.6. The van der Waals surface area contributed by atoms with Crippen LogP contribution in [0.2, 0.25) is 0 Å². The number of hydrogen-bond acceptors (Lipinski definition) is 7. The van der Waals surface area contributed by atoms with Crippen molar-refractivity contribution < 1.29 is 38.2 Å². The molecule has 298 valence electrons. The van der Waals surface area contributed by atoms with Gasteiger partial charge in [0.2, 0.25) is 0 Å². The van der Waals surface area contributed by atoms with Gasteiger partial charge in [-0.15, -0.1) is 0 Å². The van der Waals surface area contributed by atoms with Gasteiger partial charge in [-0.25, -0.2) is 0 Å². The third-order valence-electron chi connectivity index (χ3n) is 8.67. The van der Waals surface area contributed by atoms with E-state index in [1.54, 1.807) is 21.1 Å². The molecule has 0 aromatic carbocycles. The van der Waals surface area contributed by atoms with Crippen molar-refractivity contribution in [1.29, 1.82) is 0 Å². The number of quaternary nitrogens is 1. The number of aliphatic carboxylic acids is 1. The van der Waals surface area contributed by atoms with Gasteiger partial charge in [-0.05, 0) is 57.8 Å². The van der Waals surface area contributed by atoms with Crippen LogP contribution in [-0.4, -0.2) is 75.5 Å². The fourth-order valence-corrected chi connectivity index (χ4v) is 5.51. The maximum absolute atomic E-state index is 12.7. The third-order valence-corrected chi connectivity index (χ3v) is 8.67. The SMILES string of the molecule is CC/C=C\C/C=C\C/C=C\C/C=C\C/C=C\CCCCCC(=O)OC(COCCC(C(=O)[O-])[N+](C)(C)C)COC(=O)CCCCCCCCCCC. The normalized spacial score (nSPS) is 13.6. The minimum atomic E-state index is -1.13. The predicted octanol–water partition coefficient (Wildman–Crippen LogP) is 9.30. The molecule has 0 bridgehead atoms. The molecule has 0 aliphatic heterocycles. The van der Waals surface area contributed by atoms with Crippen molar-refractivity contribution in [3.8, 4) is 0 Å². The molecule has 0 aliphatic carbocycles. The van der Waals surface area contributed by atoms with E-state index in [0.29, 0.717) is 12.8 Å². The summed E-state index contributed by atoms with van der Waals surface area (Å²) in [4.78, 5) is 36.7. The molecule has 8 heteroatoms. The van der Waals surface area contributed by atoms with Crippen molar-refractivity contribution in [3.63, 3.8) is 0 Å². The molecule has 0 saturated heterocycles. The highest BCUT2D eigenvalue weighted by Crippen LogP contribution is 2.12. The molecule has 0 amide bonds. The maximum Gasteiger partial charge on any atom is 0.306 e. The second-order valence-electron chi connectivity index (χ2n) is 14.5. The number of carbonyl (C=O) groups is 3. The summed E-state index contributed by atoms with van der Waals surface area (Å²) >= 11 is 0. The van der Waals surface area contributed by atoms with Gasteiger partial charge in [-0.2, -0.15) is 0 Å². The van der Waals surface area contributed by atoms with Gasteiger partial charge in [-0.1, -0.05) is 132 Å². The van der Waals surface area contributed by atoms with E-state index in [1.165, 1.54) is 38.5 Å². The minimum absolute atomic E-state index is 0.0258. The van der Waals surface area contributed by atoms with Gasteiger partial charge in [0.1, 0.15) is 12.6 Å². The van der Waals surface area contributed by atoms with E-state index in [2.05, 4.69) is 74.6 Å². The van der Waals surface area contributed by atoms with Gasteiger partial charge in [0.05, 0.1) is 40.3 Å². The van der Waals surface area contributed by atoms with E-state index in [-0.39, 0.29) is 49.1 Å². The smallest absolute Gasteiger partial charge is 0.306 e. The molecular weight excluding hydrogens is 654 g/mol. The Bertz CT molecular complexity index is 1040. The molecule has 0 spiro atoms. The third kappa shape index (κ3) is 32.9. The van der Waals surface area contributed by atoms with Crippen molar-refractivity contribution in [2.75, 3.05) is 41.0 Å². The van der Waals surface area contributed by atoms with Gasteiger partial charge >= 0.3 is 11.9 Å². The Morgan fingerprint density at radius 1 is 0.596 bits per heavy atom. The largest absolute Gasteiger partial charge is 0.544 e. The minimum Gasteiger partial charge on any atom is -0.544 e. The fraction of sp³-hybridized carbons (Fsp3) is 0.705. The van der Waals surface area contributed by atoms with Crippen LogP contribution in [-0.2, 0) is 28.6 Å². The van der Waals surface area contributed by atoms with Crippen molar-refractivity contribution in [1.82, 2.24) is 0 Å². The topological polar surface area (TPSA) is 102 Å². The number of esters is 2. The lowest BCUT2D eigenvalue weighted by Gasteiger charge is -2.34. The summed E-state index contributed by atoms with van der Waals surface area (Å²) in [6.45, 7) is 4.47. The number of allylic oxidation sites excluding steroid dienone is 10. The summed E-state index contributed by atoms with van der Waals surface area (Å²) in [6, 6.07) is -0.732. The first-order valence-electron chi connectivity index (χ1n) is 20.3. The van der Waals surface area contributed by atoms with Crippen molar-refractivity contribution in [2.45, 2.75) is 161 Å². The number of carboxylic acid groups (broad SMARTS) is 1. The maximum atomic E-state index is 12.7. The van der Waals surface area contributed by atoms with E-state index in [9.17, 15) is 19.5 Å². The summed E-state index contributed by atoms with van der Waals surface area (Å²) < 4.78 is 17.1. The summed E-state index contributed by atoms with van der Waals surface area (Å²) in [5.74, 6) is -1.79. The van der Waals surface area contributed by atoms with Crippen LogP contribution in [0.3, 0.4) is 0 Å². The molecule has 2 unspecified atom stereocenters. The second-order valence-corrected chi connectivity index (χ2v) is 14.5. The van der Waals surface area contributed by atoms with Crippen LogP contribution in [0.25, 0.3) is 0 Å². The Hall–Kier alpha value is -2.97. The van der Waals surface area contributed by atoms with Crippen LogP contribution in [0.5, 0.6) is 0 Å². The highest BCUT2D eigenvalue weighted by Gasteiger charge is 2.25. The molecule has 0 fully saturated rings. The van der Waals surface area contributed by atoms with Gasteiger partial charge in [0.25, 0.3) is 0 Å². The number of unbranched alkanes of at least 4 members (excludes halogenated alkanes) is 11. The highest BCUT2D eigenvalue weighted by molar-refractivity contribution is 5.70. The van der Waals surface area contributed by atoms with Gasteiger partial charge in [-0.3, -0.25) is 9.59 Å². The Morgan fingerprint density at radius 3 is 1.60 bits per heavy atom. The number of carbonyl (C=O) groups excluding carboxylic acids is 3. The molecule has 0 N–H and O–H groups in total. The summed E-state index contributed by atoms with van der Waals surface area (Å²) in [6.07, 6.45) is 41.1. The molecule has 0 saturated carbocycles. The first-order valence-corrected chi connectivity index (χ1v) is 20.3. The van der Waals surface area contributed by atoms with Crippen molar-refractivity contribution in [3.05, 3.63) is 60.8 Å². The summed E-state index contributed by atoms with van der Waals surface area (Å²) in [5.41, 5.74) is 0. The standard InChI is InChI=1S/C44H75NO7/c1-6-8-10-12-14-16-17-18-19-20-21-22-23-24-25-27-29-31-33-35-43(47)52-40(38-50-37-36-41(44(48)49)45(3,4)5)39-51-42(46)34-32-30-28-26-15-13-11-9-7-2/h8,10,14,16,18-19,21-22,24-25,40-41H,6-7,9,11-13,15,17,20,23,26-39H2,1-5H3/b10-8-,16-14-,19-18-,22-21-,25-24-. The predicted molar refractivity (Wildman–Crippen MR) is 212 cm³/mol. The number of ether oxygens (including phenoxy) is 3.